The number of nitro benzene ring substituents is 1. The monoisotopic (exact) mass is 393 g/mol. The molecule has 152 valence electrons. The zero-order valence-electron chi connectivity index (χ0n) is 15.7. The van der Waals surface area contributed by atoms with E-state index in [-0.39, 0.29) is 17.4 Å². The lowest BCUT2D eigenvalue weighted by molar-refractivity contribution is -0.385. The average molecular weight is 393 g/mol. The van der Waals surface area contributed by atoms with Crippen molar-refractivity contribution in [3.63, 3.8) is 0 Å². The molecule has 0 aromatic heterocycles. The predicted octanol–water partition coefficient (Wildman–Crippen LogP) is 2.16. The number of carbonyl (C=O) groups excluding carboxylic acids is 3. The van der Waals surface area contributed by atoms with Crippen LogP contribution in [0.2, 0.25) is 0 Å². The molecule has 10 nitrogen and oxygen atoms in total. The summed E-state index contributed by atoms with van der Waals surface area (Å²) < 4.78 is 9.67. The number of imide groups is 1. The third-order valence-electron chi connectivity index (χ3n) is 4.62. The van der Waals surface area contributed by atoms with Crippen molar-refractivity contribution in [2.75, 3.05) is 13.7 Å². The zero-order chi connectivity index (χ0) is 20.7. The van der Waals surface area contributed by atoms with E-state index >= 15 is 0 Å². The molecule has 0 radical (unpaired) electrons. The number of carbonyl (C=O) groups is 3. The number of nitro groups is 1. The molecule has 10 heteroatoms. The Balaban J connectivity index is 1.92. The van der Waals surface area contributed by atoms with Gasteiger partial charge in [0.2, 0.25) is 0 Å². The molecule has 1 aromatic carbocycles. The van der Waals surface area contributed by atoms with Crippen LogP contribution in [0.4, 0.5) is 10.5 Å². The molecular weight excluding hydrogens is 370 g/mol. The number of nitrogens with zero attached hydrogens (tertiary/aromatic N) is 1. The molecule has 1 saturated carbocycles. The number of urea groups is 1. The Morgan fingerprint density at radius 2 is 1.96 bits per heavy atom. The van der Waals surface area contributed by atoms with Gasteiger partial charge in [-0.25, -0.2) is 9.59 Å². The fourth-order valence-electron chi connectivity index (χ4n) is 3.07. The third-order valence-corrected chi connectivity index (χ3v) is 4.62. The van der Waals surface area contributed by atoms with E-state index in [2.05, 4.69) is 15.4 Å². The van der Waals surface area contributed by atoms with Gasteiger partial charge in [0.25, 0.3) is 5.91 Å². The predicted molar refractivity (Wildman–Crippen MR) is 98.0 cm³/mol. The summed E-state index contributed by atoms with van der Waals surface area (Å²) in [7, 11) is 1.15. The number of benzene rings is 1. The highest BCUT2D eigenvalue weighted by Crippen LogP contribution is 2.28. The van der Waals surface area contributed by atoms with Crippen LogP contribution in [0.5, 0.6) is 5.75 Å². The van der Waals surface area contributed by atoms with Crippen molar-refractivity contribution < 1.29 is 28.8 Å². The Morgan fingerprint density at radius 3 is 2.61 bits per heavy atom. The van der Waals surface area contributed by atoms with E-state index in [1.54, 1.807) is 0 Å². The lowest BCUT2D eigenvalue weighted by Crippen LogP contribution is -2.48. The minimum Gasteiger partial charge on any atom is -0.477 e. The fraction of sp³-hybridized carbons (Fsp3) is 0.500. The smallest absolute Gasteiger partial charge is 0.338 e. The summed E-state index contributed by atoms with van der Waals surface area (Å²) in [5, 5.41) is 16.1. The van der Waals surface area contributed by atoms with Crippen LogP contribution in [-0.4, -0.2) is 42.6 Å². The number of rotatable bonds is 6. The van der Waals surface area contributed by atoms with Crippen molar-refractivity contribution in [2.45, 2.75) is 38.6 Å². The van der Waals surface area contributed by atoms with E-state index in [0.717, 1.165) is 38.9 Å². The highest BCUT2D eigenvalue weighted by atomic mass is 16.6. The maximum Gasteiger partial charge on any atom is 0.338 e. The van der Waals surface area contributed by atoms with E-state index in [0.29, 0.717) is 5.92 Å². The first-order valence-corrected chi connectivity index (χ1v) is 8.91. The Bertz CT molecular complexity index is 766. The quantitative estimate of drug-likeness (QED) is 0.429. The molecular formula is C18H23N3O7. The molecule has 28 heavy (non-hydrogen) atoms. The maximum absolute atomic E-state index is 11.9. The molecule has 2 N–H and O–H groups in total. The molecule has 1 aliphatic rings. The van der Waals surface area contributed by atoms with Crippen LogP contribution in [0.15, 0.2) is 18.2 Å². The molecule has 0 heterocycles. The number of hydrogen-bond donors (Lipinski definition) is 2. The summed E-state index contributed by atoms with van der Waals surface area (Å²) in [6.07, 6.45) is 4.03. The highest BCUT2D eigenvalue weighted by Gasteiger charge is 2.24. The molecule has 0 spiro atoms. The molecule has 1 aliphatic carbocycles. The van der Waals surface area contributed by atoms with E-state index in [1.165, 1.54) is 12.1 Å². The Hall–Kier alpha value is -3.17. The minimum atomic E-state index is -0.743. The first-order chi connectivity index (χ1) is 13.3. The van der Waals surface area contributed by atoms with E-state index in [1.807, 2.05) is 6.92 Å². The van der Waals surface area contributed by atoms with Crippen LogP contribution in [0, 0.1) is 16.0 Å². The van der Waals surface area contributed by atoms with Gasteiger partial charge < -0.3 is 14.8 Å². The number of ether oxygens (including phenoxy) is 2. The molecule has 3 amide bonds. The highest BCUT2D eigenvalue weighted by molar-refractivity contribution is 5.95. The first kappa shape index (κ1) is 21.1. The Morgan fingerprint density at radius 1 is 1.25 bits per heavy atom. The van der Waals surface area contributed by atoms with Gasteiger partial charge in [0.1, 0.15) is 0 Å². The second kappa shape index (κ2) is 9.67. The summed E-state index contributed by atoms with van der Waals surface area (Å²) in [5.74, 6) is -1.34. The van der Waals surface area contributed by atoms with Crippen LogP contribution < -0.4 is 15.4 Å². The van der Waals surface area contributed by atoms with E-state index in [9.17, 15) is 24.5 Å². The van der Waals surface area contributed by atoms with Gasteiger partial charge >= 0.3 is 17.7 Å². The van der Waals surface area contributed by atoms with Crippen LogP contribution in [0.1, 0.15) is 43.0 Å². The summed E-state index contributed by atoms with van der Waals surface area (Å²) in [6, 6.07) is 2.86. The van der Waals surface area contributed by atoms with Gasteiger partial charge in [-0.05, 0) is 30.9 Å². The van der Waals surface area contributed by atoms with Gasteiger partial charge in [0.15, 0.2) is 12.4 Å². The lowest BCUT2D eigenvalue weighted by Gasteiger charge is -2.29. The standard InChI is InChI=1S/C18H23N3O7/c1-11-5-3-4-6-13(11)19-18(24)20-16(22)10-28-15-8-7-12(17(23)27-2)9-14(15)21(25)26/h7-9,11,13H,3-6,10H2,1-2H3,(H2,19,20,22,24)/t11-,13-/m0/s1. The Kier molecular flexibility index (Phi) is 7.30. The molecule has 0 unspecified atom stereocenters. The fourth-order valence-corrected chi connectivity index (χ4v) is 3.07. The molecule has 2 atom stereocenters. The molecule has 0 saturated heterocycles. The van der Waals surface area contributed by atoms with Gasteiger partial charge in [0.05, 0.1) is 17.6 Å². The van der Waals surface area contributed by atoms with Crippen molar-refractivity contribution in [3.8, 4) is 5.75 Å². The number of nitrogens with one attached hydrogen (secondary N) is 2. The minimum absolute atomic E-state index is 0.00872. The van der Waals surface area contributed by atoms with Crippen LogP contribution >= 0.6 is 0 Å². The number of hydrogen-bond acceptors (Lipinski definition) is 7. The second-order valence-corrected chi connectivity index (χ2v) is 6.61. The second-order valence-electron chi connectivity index (χ2n) is 6.61. The SMILES string of the molecule is COC(=O)c1ccc(OCC(=O)NC(=O)N[C@H]2CCCC[C@@H]2C)c([N+](=O)[O-])c1. The zero-order valence-corrected chi connectivity index (χ0v) is 15.7. The Labute approximate surface area is 161 Å². The van der Waals surface area contributed by atoms with Crippen LogP contribution in [0.3, 0.4) is 0 Å². The van der Waals surface area contributed by atoms with Gasteiger partial charge in [-0.1, -0.05) is 19.8 Å². The molecule has 0 bridgehead atoms. The number of methoxy groups -OCH3 is 1. The van der Waals surface area contributed by atoms with Gasteiger partial charge in [-0.15, -0.1) is 0 Å². The van der Waals surface area contributed by atoms with E-state index in [4.69, 9.17) is 4.74 Å². The topological polar surface area (TPSA) is 137 Å². The number of esters is 1. The van der Waals surface area contributed by atoms with E-state index < -0.39 is 35.1 Å². The van der Waals surface area contributed by atoms with Gasteiger partial charge in [0, 0.05) is 12.1 Å². The number of amides is 3. The average Bonchev–Trinajstić information content (AvgIpc) is 2.67. The van der Waals surface area contributed by atoms with Gasteiger partial charge in [-0.3, -0.25) is 20.2 Å². The largest absolute Gasteiger partial charge is 0.477 e. The van der Waals surface area contributed by atoms with Crippen molar-refractivity contribution in [2.24, 2.45) is 5.92 Å². The molecule has 2 rings (SSSR count). The van der Waals surface area contributed by atoms with Crippen molar-refractivity contribution >= 4 is 23.6 Å². The van der Waals surface area contributed by atoms with Crippen LogP contribution in [-0.2, 0) is 9.53 Å². The van der Waals surface area contributed by atoms with Crippen LogP contribution in [0.25, 0.3) is 0 Å². The molecule has 0 aliphatic heterocycles. The lowest BCUT2D eigenvalue weighted by atomic mass is 9.86. The summed E-state index contributed by atoms with van der Waals surface area (Å²) in [5.41, 5.74) is -0.511. The normalized spacial score (nSPS) is 18.6. The van der Waals surface area contributed by atoms with Gasteiger partial charge in [-0.2, -0.15) is 0 Å². The van der Waals surface area contributed by atoms with Crippen molar-refractivity contribution in [1.29, 1.82) is 0 Å². The maximum atomic E-state index is 11.9. The first-order valence-electron chi connectivity index (χ1n) is 8.91. The van der Waals surface area contributed by atoms with Crippen molar-refractivity contribution in [3.05, 3.63) is 33.9 Å². The molecule has 1 fully saturated rings. The summed E-state index contributed by atoms with van der Waals surface area (Å²) in [6.45, 7) is 1.46. The van der Waals surface area contributed by atoms with Crippen molar-refractivity contribution in [1.82, 2.24) is 10.6 Å². The third kappa shape index (κ3) is 5.66. The summed E-state index contributed by atoms with van der Waals surface area (Å²) >= 11 is 0. The molecule has 1 aromatic rings. The summed E-state index contributed by atoms with van der Waals surface area (Å²) in [4.78, 5) is 45.8.